The van der Waals surface area contributed by atoms with Crippen molar-refractivity contribution in [2.24, 2.45) is 0 Å². The summed E-state index contributed by atoms with van der Waals surface area (Å²) in [7, 11) is 0. The quantitative estimate of drug-likeness (QED) is 0.815. The normalized spacial score (nSPS) is 10.4. The molecule has 1 amide bonds. The Morgan fingerprint density at radius 2 is 2.00 bits per heavy atom. The molecule has 1 aromatic carbocycles. The van der Waals surface area contributed by atoms with Crippen LogP contribution < -0.4 is 5.32 Å². The third kappa shape index (κ3) is 4.90. The summed E-state index contributed by atoms with van der Waals surface area (Å²) in [5.41, 5.74) is 1.31. The molecule has 0 unspecified atom stereocenters. The molecule has 100 valence electrons. The molecule has 5 heteroatoms. The number of rotatable bonds is 6. The van der Waals surface area contributed by atoms with Gasteiger partial charge in [-0.15, -0.1) is 11.3 Å². The number of hydrogen-bond acceptors (Lipinski definition) is 3. The maximum Gasteiger partial charge on any atom is 0.261 e. The summed E-state index contributed by atoms with van der Waals surface area (Å²) in [4.78, 5) is 12.4. The highest BCUT2D eigenvalue weighted by molar-refractivity contribution is 7.98. The average Bonchev–Trinajstić information content (AvgIpc) is 2.86. The number of carbonyl (C=O) groups excluding carboxylic acids is 1. The number of hydrogen-bond donors (Lipinski definition) is 1. The van der Waals surface area contributed by atoms with Crippen LogP contribution in [-0.4, -0.2) is 18.2 Å². The predicted molar refractivity (Wildman–Crippen MR) is 84.3 cm³/mol. The van der Waals surface area contributed by atoms with Gasteiger partial charge in [-0.2, -0.15) is 11.8 Å². The van der Waals surface area contributed by atoms with Crippen LogP contribution in [0.15, 0.2) is 42.5 Å². The third-order valence-corrected chi connectivity index (χ3v) is 4.70. The van der Waals surface area contributed by atoms with E-state index >= 15 is 0 Å². The molecule has 0 radical (unpaired) electrons. The van der Waals surface area contributed by atoms with Crippen molar-refractivity contribution in [2.75, 3.05) is 12.3 Å². The minimum absolute atomic E-state index is 0.0442. The Bertz CT molecular complexity index is 527. The highest BCUT2D eigenvalue weighted by Gasteiger charge is 2.07. The molecule has 19 heavy (non-hydrogen) atoms. The highest BCUT2D eigenvalue weighted by atomic mass is 35.5. The number of amides is 1. The van der Waals surface area contributed by atoms with E-state index in [9.17, 15) is 4.79 Å². The smallest absolute Gasteiger partial charge is 0.261 e. The Labute approximate surface area is 126 Å². The van der Waals surface area contributed by atoms with Gasteiger partial charge in [0.15, 0.2) is 0 Å². The standard InChI is InChI=1S/C14H14ClNOS2/c15-13-7-6-12(19-13)14(17)16-8-9-18-10-11-4-2-1-3-5-11/h1-7H,8-10H2,(H,16,17). The van der Waals surface area contributed by atoms with Crippen LogP contribution in [0, 0.1) is 0 Å². The monoisotopic (exact) mass is 311 g/mol. The zero-order valence-corrected chi connectivity index (χ0v) is 12.7. The number of thioether (sulfide) groups is 1. The first-order valence-corrected chi connectivity index (χ1v) is 8.26. The van der Waals surface area contributed by atoms with Crippen LogP contribution in [0.2, 0.25) is 4.34 Å². The van der Waals surface area contributed by atoms with Crippen molar-refractivity contribution in [3.8, 4) is 0 Å². The molecule has 0 aliphatic carbocycles. The molecule has 1 aromatic heterocycles. The number of benzene rings is 1. The lowest BCUT2D eigenvalue weighted by Crippen LogP contribution is -2.24. The molecule has 2 rings (SSSR count). The van der Waals surface area contributed by atoms with Crippen molar-refractivity contribution in [2.45, 2.75) is 5.75 Å². The lowest BCUT2D eigenvalue weighted by molar-refractivity contribution is 0.0960. The molecule has 0 spiro atoms. The molecule has 0 saturated heterocycles. The summed E-state index contributed by atoms with van der Waals surface area (Å²) < 4.78 is 0.642. The first kappa shape index (κ1) is 14.4. The Hall–Kier alpha value is -0.970. The summed E-state index contributed by atoms with van der Waals surface area (Å²) in [6, 6.07) is 13.8. The van der Waals surface area contributed by atoms with E-state index in [1.54, 1.807) is 12.1 Å². The molecule has 1 N–H and O–H groups in total. The molecule has 0 aliphatic heterocycles. The topological polar surface area (TPSA) is 29.1 Å². The fourth-order valence-corrected chi connectivity index (χ4v) is 3.30. The fourth-order valence-electron chi connectivity index (χ4n) is 1.52. The fraction of sp³-hybridized carbons (Fsp3) is 0.214. The van der Waals surface area contributed by atoms with Gasteiger partial charge in [-0.25, -0.2) is 0 Å². The van der Waals surface area contributed by atoms with E-state index in [4.69, 9.17) is 11.6 Å². The van der Waals surface area contributed by atoms with Crippen molar-refractivity contribution in [1.29, 1.82) is 0 Å². The van der Waals surface area contributed by atoms with Gasteiger partial charge in [0.1, 0.15) is 0 Å². The molecule has 0 saturated carbocycles. The van der Waals surface area contributed by atoms with Crippen LogP contribution in [0.4, 0.5) is 0 Å². The number of halogens is 1. The number of nitrogens with one attached hydrogen (secondary N) is 1. The van der Waals surface area contributed by atoms with Gasteiger partial charge in [-0.3, -0.25) is 4.79 Å². The third-order valence-electron chi connectivity index (χ3n) is 2.44. The van der Waals surface area contributed by atoms with Gasteiger partial charge in [-0.1, -0.05) is 41.9 Å². The summed E-state index contributed by atoms with van der Waals surface area (Å²) in [6.45, 7) is 0.672. The van der Waals surface area contributed by atoms with Gasteiger partial charge >= 0.3 is 0 Å². The Balaban J connectivity index is 1.63. The first-order chi connectivity index (χ1) is 9.25. The highest BCUT2D eigenvalue weighted by Crippen LogP contribution is 2.21. The van der Waals surface area contributed by atoms with E-state index in [1.807, 2.05) is 30.0 Å². The van der Waals surface area contributed by atoms with E-state index in [1.165, 1.54) is 16.9 Å². The van der Waals surface area contributed by atoms with Crippen LogP contribution in [0.5, 0.6) is 0 Å². The average molecular weight is 312 g/mol. The maximum absolute atomic E-state index is 11.7. The minimum Gasteiger partial charge on any atom is -0.351 e. The molecule has 0 fully saturated rings. The van der Waals surface area contributed by atoms with Gasteiger partial charge in [-0.05, 0) is 17.7 Å². The second kappa shape index (κ2) is 7.58. The lowest BCUT2D eigenvalue weighted by atomic mass is 10.2. The van der Waals surface area contributed by atoms with Gasteiger partial charge in [0.05, 0.1) is 9.21 Å². The van der Waals surface area contributed by atoms with Crippen molar-refractivity contribution in [1.82, 2.24) is 5.32 Å². The molecule has 1 heterocycles. The van der Waals surface area contributed by atoms with E-state index in [0.717, 1.165) is 11.5 Å². The largest absolute Gasteiger partial charge is 0.351 e. The summed E-state index contributed by atoms with van der Waals surface area (Å²) >= 11 is 8.90. The van der Waals surface area contributed by atoms with Crippen molar-refractivity contribution in [3.63, 3.8) is 0 Å². The van der Waals surface area contributed by atoms with Crippen LogP contribution >= 0.6 is 34.7 Å². The van der Waals surface area contributed by atoms with Crippen LogP contribution in [0.3, 0.4) is 0 Å². The number of carbonyl (C=O) groups is 1. The van der Waals surface area contributed by atoms with E-state index in [0.29, 0.717) is 15.8 Å². The maximum atomic E-state index is 11.7. The zero-order chi connectivity index (χ0) is 13.5. The predicted octanol–water partition coefficient (Wildman–Crippen LogP) is 4.06. The van der Waals surface area contributed by atoms with Gasteiger partial charge in [0, 0.05) is 18.1 Å². The van der Waals surface area contributed by atoms with Crippen molar-refractivity contribution in [3.05, 3.63) is 57.2 Å². The lowest BCUT2D eigenvalue weighted by Gasteiger charge is -2.04. The first-order valence-electron chi connectivity index (χ1n) is 5.91. The zero-order valence-electron chi connectivity index (χ0n) is 10.3. The van der Waals surface area contributed by atoms with Gasteiger partial charge in [0.25, 0.3) is 5.91 Å². The Kier molecular flexibility index (Phi) is 5.76. The summed E-state index contributed by atoms with van der Waals surface area (Å²) in [5.74, 6) is 1.83. The van der Waals surface area contributed by atoms with Crippen molar-refractivity contribution < 1.29 is 4.79 Å². The minimum atomic E-state index is -0.0442. The molecule has 0 bridgehead atoms. The second-order valence-corrected chi connectivity index (χ2v) is 6.72. The van der Waals surface area contributed by atoms with Crippen LogP contribution in [-0.2, 0) is 5.75 Å². The van der Waals surface area contributed by atoms with Crippen LogP contribution in [0.1, 0.15) is 15.2 Å². The van der Waals surface area contributed by atoms with Crippen LogP contribution in [0.25, 0.3) is 0 Å². The molecule has 2 aromatic rings. The Morgan fingerprint density at radius 1 is 1.21 bits per heavy atom. The molecule has 2 nitrogen and oxygen atoms in total. The summed E-state index contributed by atoms with van der Waals surface area (Å²) in [6.07, 6.45) is 0. The van der Waals surface area contributed by atoms with Gasteiger partial charge < -0.3 is 5.32 Å². The molecular formula is C14H14ClNOS2. The Morgan fingerprint density at radius 3 is 2.68 bits per heavy atom. The second-order valence-electron chi connectivity index (χ2n) is 3.90. The van der Waals surface area contributed by atoms with E-state index < -0.39 is 0 Å². The van der Waals surface area contributed by atoms with Crippen molar-refractivity contribution >= 4 is 40.6 Å². The number of thiophene rings is 1. The SMILES string of the molecule is O=C(NCCSCc1ccccc1)c1ccc(Cl)s1. The molecule has 0 aliphatic rings. The van der Waals surface area contributed by atoms with E-state index in [2.05, 4.69) is 17.4 Å². The summed E-state index contributed by atoms with van der Waals surface area (Å²) in [5, 5.41) is 2.89. The molecule has 0 atom stereocenters. The van der Waals surface area contributed by atoms with Gasteiger partial charge in [0.2, 0.25) is 0 Å². The van der Waals surface area contributed by atoms with E-state index in [-0.39, 0.29) is 5.91 Å². The molecular weight excluding hydrogens is 298 g/mol.